The molecule has 1 fully saturated rings. The van der Waals surface area contributed by atoms with Crippen molar-refractivity contribution in [2.24, 2.45) is 5.41 Å². The van der Waals surface area contributed by atoms with Gasteiger partial charge in [-0.1, -0.05) is 25.0 Å². The minimum absolute atomic E-state index is 0.0171. The van der Waals surface area contributed by atoms with Crippen LogP contribution in [0, 0.1) is 12.3 Å². The van der Waals surface area contributed by atoms with Crippen LogP contribution in [0.25, 0.3) is 11.0 Å². The van der Waals surface area contributed by atoms with Crippen LogP contribution in [0.4, 0.5) is 0 Å². The average molecular weight is 446 g/mol. The molecule has 0 radical (unpaired) electrons. The van der Waals surface area contributed by atoms with Gasteiger partial charge in [-0.2, -0.15) is 5.10 Å². The molecule has 172 valence electrons. The quantitative estimate of drug-likeness (QED) is 0.508. The summed E-state index contributed by atoms with van der Waals surface area (Å²) in [5.74, 6) is -0.464. The summed E-state index contributed by atoms with van der Waals surface area (Å²) in [5.41, 5.74) is 2.24. The molecule has 1 amide bonds. The van der Waals surface area contributed by atoms with Gasteiger partial charge >= 0.3 is 0 Å². The van der Waals surface area contributed by atoms with Crippen LogP contribution in [0.5, 0.6) is 0 Å². The highest BCUT2D eigenvalue weighted by Crippen LogP contribution is 2.41. The van der Waals surface area contributed by atoms with Crippen LogP contribution in [0.3, 0.4) is 0 Å². The smallest absolute Gasteiger partial charge is 0.276 e. The highest BCUT2D eigenvalue weighted by molar-refractivity contribution is 5.92. The first kappa shape index (κ1) is 22.7. The largest absolute Gasteiger partial charge is 0.347 e. The number of nitrogens with one attached hydrogen (secondary N) is 1. The molecule has 7 heteroatoms. The first-order valence-corrected chi connectivity index (χ1v) is 11.5. The number of carbonyl (C=O) groups excluding carboxylic acids is 1. The molecular formula is C26H31N5O2. The van der Waals surface area contributed by atoms with Gasteiger partial charge in [0.05, 0.1) is 0 Å². The summed E-state index contributed by atoms with van der Waals surface area (Å²) < 4.78 is 4.01. The Labute approximate surface area is 193 Å². The maximum atomic E-state index is 12.5. The third kappa shape index (κ3) is 4.82. The van der Waals surface area contributed by atoms with E-state index < -0.39 is 5.91 Å². The molecule has 3 heterocycles. The Hall–Kier alpha value is -3.48. The number of hydrogen-bond acceptors (Lipinski definition) is 4. The Balaban J connectivity index is 1.63. The Morgan fingerprint density at radius 2 is 2.03 bits per heavy atom. The van der Waals surface area contributed by atoms with Crippen molar-refractivity contribution in [1.29, 1.82) is 0 Å². The molecule has 0 bridgehead atoms. The third-order valence-corrected chi connectivity index (χ3v) is 6.47. The molecule has 3 aromatic rings. The zero-order valence-corrected chi connectivity index (χ0v) is 19.2. The molecule has 1 aliphatic carbocycles. The number of allylic oxidation sites excluding steroid dienone is 1. The van der Waals surface area contributed by atoms with Gasteiger partial charge in [-0.05, 0) is 43.9 Å². The van der Waals surface area contributed by atoms with Crippen LogP contribution in [0.2, 0.25) is 0 Å². The number of hydrogen-bond donors (Lipinski definition) is 1. The molecule has 33 heavy (non-hydrogen) atoms. The SMILES string of the molecule is C=CCNC(=O)c1nn(CC2(Cn3ccc4cc(CC=C)cnc43)CCCC2)cc(C)c1=O. The monoisotopic (exact) mass is 445 g/mol. The molecule has 1 N–H and O–H groups in total. The van der Waals surface area contributed by atoms with Crippen LogP contribution >= 0.6 is 0 Å². The normalized spacial score (nSPS) is 14.9. The zero-order chi connectivity index (χ0) is 23.4. The van der Waals surface area contributed by atoms with Crippen molar-refractivity contribution in [3.05, 3.63) is 83.1 Å². The molecule has 3 aromatic heterocycles. The average Bonchev–Trinajstić information content (AvgIpc) is 3.42. The number of rotatable bonds is 9. The lowest BCUT2D eigenvalue weighted by Gasteiger charge is -2.30. The van der Waals surface area contributed by atoms with Crippen molar-refractivity contribution in [3.63, 3.8) is 0 Å². The molecule has 0 aromatic carbocycles. The second-order valence-corrected chi connectivity index (χ2v) is 9.09. The maximum absolute atomic E-state index is 12.5. The molecule has 0 unspecified atom stereocenters. The van der Waals surface area contributed by atoms with Gasteiger partial charge in [-0.3, -0.25) is 14.3 Å². The van der Waals surface area contributed by atoms with Crippen molar-refractivity contribution >= 4 is 16.9 Å². The summed E-state index contributed by atoms with van der Waals surface area (Å²) in [4.78, 5) is 29.7. The molecule has 0 saturated heterocycles. The number of pyridine rings is 1. The van der Waals surface area contributed by atoms with Crippen LogP contribution in [0.15, 0.2) is 60.8 Å². The number of nitrogens with zero attached hydrogens (tertiary/aromatic N) is 4. The van der Waals surface area contributed by atoms with Crippen LogP contribution in [-0.4, -0.2) is 31.8 Å². The molecule has 0 aliphatic heterocycles. The molecule has 1 aliphatic rings. The second-order valence-electron chi connectivity index (χ2n) is 9.09. The summed E-state index contributed by atoms with van der Waals surface area (Å²) >= 11 is 0. The van der Waals surface area contributed by atoms with Crippen molar-refractivity contribution in [2.45, 2.75) is 52.1 Å². The second kappa shape index (κ2) is 9.57. The highest BCUT2D eigenvalue weighted by atomic mass is 16.2. The standard InChI is InChI=1S/C26H31N5O2/c1-4-8-20-14-21-9-13-30(24(21)28-15-20)17-26(10-6-7-11-26)18-31-16-19(3)23(32)22(29-31)25(33)27-12-5-2/h4-5,9,13-16H,1-2,6-8,10-12,17-18H2,3H3,(H,27,33). The summed E-state index contributed by atoms with van der Waals surface area (Å²) in [7, 11) is 0. The highest BCUT2D eigenvalue weighted by Gasteiger charge is 2.35. The fourth-order valence-corrected chi connectivity index (χ4v) is 4.88. The Morgan fingerprint density at radius 1 is 1.24 bits per heavy atom. The van der Waals surface area contributed by atoms with E-state index in [4.69, 9.17) is 4.98 Å². The van der Waals surface area contributed by atoms with Crippen molar-refractivity contribution in [1.82, 2.24) is 24.6 Å². The van der Waals surface area contributed by atoms with E-state index in [9.17, 15) is 9.59 Å². The van der Waals surface area contributed by atoms with E-state index in [0.29, 0.717) is 18.7 Å². The summed E-state index contributed by atoms with van der Waals surface area (Å²) in [6.07, 6.45) is 14.5. The molecule has 7 nitrogen and oxygen atoms in total. The molecule has 0 atom stereocenters. The van der Waals surface area contributed by atoms with Crippen LogP contribution < -0.4 is 10.7 Å². The van der Waals surface area contributed by atoms with Gasteiger partial charge in [0.25, 0.3) is 5.91 Å². The van der Waals surface area contributed by atoms with Gasteiger partial charge in [0, 0.05) is 54.6 Å². The lowest BCUT2D eigenvalue weighted by atomic mass is 9.86. The molecule has 1 saturated carbocycles. The summed E-state index contributed by atoms with van der Waals surface area (Å²) in [5, 5.41) is 8.23. The van der Waals surface area contributed by atoms with Crippen LogP contribution in [-0.2, 0) is 19.5 Å². The Kier molecular flexibility index (Phi) is 6.58. The topological polar surface area (TPSA) is 81.8 Å². The molecular weight excluding hydrogens is 414 g/mol. The number of carbonyl (C=O) groups is 1. The van der Waals surface area contributed by atoms with E-state index in [-0.39, 0.29) is 16.5 Å². The predicted molar refractivity (Wildman–Crippen MR) is 130 cm³/mol. The van der Waals surface area contributed by atoms with E-state index in [1.54, 1.807) is 23.9 Å². The Morgan fingerprint density at radius 3 is 2.76 bits per heavy atom. The summed E-state index contributed by atoms with van der Waals surface area (Å²) in [6, 6.07) is 4.28. The summed E-state index contributed by atoms with van der Waals surface area (Å²) in [6.45, 7) is 10.9. The van der Waals surface area contributed by atoms with Crippen molar-refractivity contribution < 1.29 is 4.79 Å². The van der Waals surface area contributed by atoms with Gasteiger partial charge in [0.2, 0.25) is 5.43 Å². The maximum Gasteiger partial charge on any atom is 0.276 e. The first-order valence-electron chi connectivity index (χ1n) is 11.5. The van der Waals surface area contributed by atoms with Gasteiger partial charge in [0.15, 0.2) is 5.69 Å². The molecule has 4 rings (SSSR count). The van der Waals surface area contributed by atoms with Crippen LogP contribution in [0.1, 0.15) is 47.3 Å². The fourth-order valence-electron chi connectivity index (χ4n) is 4.88. The van der Waals surface area contributed by atoms with E-state index in [0.717, 1.165) is 55.2 Å². The van der Waals surface area contributed by atoms with E-state index in [1.807, 2.05) is 12.3 Å². The lowest BCUT2D eigenvalue weighted by molar-refractivity contribution is 0.0947. The fraction of sp³-hybridized carbons (Fsp3) is 0.385. The van der Waals surface area contributed by atoms with E-state index >= 15 is 0 Å². The minimum atomic E-state index is -0.464. The predicted octanol–water partition coefficient (Wildman–Crippen LogP) is 3.81. The number of amides is 1. The van der Waals surface area contributed by atoms with E-state index in [2.05, 4.69) is 46.5 Å². The van der Waals surface area contributed by atoms with Gasteiger partial charge in [-0.15, -0.1) is 13.2 Å². The first-order chi connectivity index (χ1) is 15.9. The lowest BCUT2D eigenvalue weighted by Crippen LogP contribution is -2.35. The van der Waals surface area contributed by atoms with Crippen molar-refractivity contribution in [3.8, 4) is 0 Å². The van der Waals surface area contributed by atoms with Gasteiger partial charge in [0.1, 0.15) is 5.65 Å². The number of aryl methyl sites for hydroxylation is 1. The van der Waals surface area contributed by atoms with Gasteiger partial charge in [-0.25, -0.2) is 4.98 Å². The third-order valence-electron chi connectivity index (χ3n) is 6.47. The minimum Gasteiger partial charge on any atom is -0.347 e. The zero-order valence-electron chi connectivity index (χ0n) is 19.2. The number of aromatic nitrogens is 4. The number of fused-ring (bicyclic) bond motifs is 1. The van der Waals surface area contributed by atoms with Gasteiger partial charge < -0.3 is 9.88 Å². The molecule has 0 spiro atoms. The van der Waals surface area contributed by atoms with Crippen molar-refractivity contribution in [2.75, 3.05) is 6.54 Å². The van der Waals surface area contributed by atoms with E-state index in [1.165, 1.54) is 0 Å². The Bertz CT molecular complexity index is 1250.